The molecule has 1 aromatic carbocycles. The predicted molar refractivity (Wildman–Crippen MR) is 85.9 cm³/mol. The first-order valence-corrected chi connectivity index (χ1v) is 7.69. The summed E-state index contributed by atoms with van der Waals surface area (Å²) < 4.78 is 11.9. The Balaban J connectivity index is 2.13. The fourth-order valence-corrected chi connectivity index (χ4v) is 2.62. The van der Waals surface area contributed by atoms with Crippen molar-refractivity contribution in [1.29, 1.82) is 0 Å². The second kappa shape index (κ2) is 5.54. The van der Waals surface area contributed by atoms with Crippen LogP contribution in [0.3, 0.4) is 0 Å². The van der Waals surface area contributed by atoms with Crippen molar-refractivity contribution in [3.8, 4) is 22.9 Å². The number of benzene rings is 1. The van der Waals surface area contributed by atoms with Crippen molar-refractivity contribution >= 4 is 45.8 Å². The summed E-state index contributed by atoms with van der Waals surface area (Å²) in [6.45, 7) is 2.88. The number of aryl methyl sites for hydroxylation is 1. The number of fused-ring (bicyclic) bond motifs is 1. The standard InChI is InChI=1S/C13H9Cl2IN2O2/c1-6-10(16)12(15)18-13(17-6)7-4-8(14)11-9(5-7)19-2-3-20-11/h4-5H,2-3H2,1H3. The average molecular weight is 423 g/mol. The van der Waals surface area contributed by atoms with E-state index in [2.05, 4.69) is 32.6 Å². The molecule has 1 aliphatic heterocycles. The first-order valence-electron chi connectivity index (χ1n) is 5.85. The van der Waals surface area contributed by atoms with E-state index in [9.17, 15) is 0 Å². The summed E-state index contributed by atoms with van der Waals surface area (Å²) in [6, 6.07) is 3.57. The second-order valence-electron chi connectivity index (χ2n) is 4.22. The molecule has 0 saturated heterocycles. The van der Waals surface area contributed by atoms with E-state index < -0.39 is 0 Å². The molecule has 0 radical (unpaired) electrons. The maximum Gasteiger partial charge on any atom is 0.179 e. The van der Waals surface area contributed by atoms with E-state index in [-0.39, 0.29) is 0 Å². The van der Waals surface area contributed by atoms with Crippen molar-refractivity contribution < 1.29 is 9.47 Å². The molecular weight excluding hydrogens is 414 g/mol. The molecule has 4 nitrogen and oxygen atoms in total. The minimum Gasteiger partial charge on any atom is -0.486 e. The zero-order valence-electron chi connectivity index (χ0n) is 10.4. The smallest absolute Gasteiger partial charge is 0.179 e. The molecule has 0 fully saturated rings. The van der Waals surface area contributed by atoms with Gasteiger partial charge in [-0.1, -0.05) is 23.2 Å². The molecule has 2 heterocycles. The van der Waals surface area contributed by atoms with Gasteiger partial charge in [0.15, 0.2) is 17.3 Å². The van der Waals surface area contributed by atoms with Gasteiger partial charge in [-0.15, -0.1) is 0 Å². The van der Waals surface area contributed by atoms with Gasteiger partial charge in [-0.2, -0.15) is 0 Å². The number of rotatable bonds is 1. The lowest BCUT2D eigenvalue weighted by atomic mass is 10.1. The number of halogens is 3. The highest BCUT2D eigenvalue weighted by molar-refractivity contribution is 14.1. The molecular formula is C13H9Cl2IN2O2. The van der Waals surface area contributed by atoms with Crippen molar-refractivity contribution in [1.82, 2.24) is 9.97 Å². The largest absolute Gasteiger partial charge is 0.486 e. The lowest BCUT2D eigenvalue weighted by molar-refractivity contribution is 0.172. The van der Waals surface area contributed by atoms with Crippen molar-refractivity contribution in [3.05, 3.63) is 31.6 Å². The Labute approximate surface area is 139 Å². The van der Waals surface area contributed by atoms with Crippen LogP contribution < -0.4 is 9.47 Å². The van der Waals surface area contributed by atoms with Crippen molar-refractivity contribution in [3.63, 3.8) is 0 Å². The maximum absolute atomic E-state index is 6.21. The van der Waals surface area contributed by atoms with Crippen LogP contribution in [0, 0.1) is 10.5 Å². The van der Waals surface area contributed by atoms with Gasteiger partial charge < -0.3 is 9.47 Å². The maximum atomic E-state index is 6.21. The molecule has 0 unspecified atom stereocenters. The fourth-order valence-electron chi connectivity index (χ4n) is 1.89. The Hall–Kier alpha value is -0.790. The summed E-state index contributed by atoms with van der Waals surface area (Å²) in [6.07, 6.45) is 0. The number of nitrogens with zero attached hydrogens (tertiary/aromatic N) is 2. The zero-order chi connectivity index (χ0) is 14.3. The number of aromatic nitrogens is 2. The Kier molecular flexibility index (Phi) is 3.92. The molecule has 0 N–H and O–H groups in total. The molecule has 1 aliphatic rings. The van der Waals surface area contributed by atoms with Gasteiger partial charge in [0.05, 0.1) is 14.3 Å². The molecule has 7 heteroatoms. The van der Waals surface area contributed by atoms with E-state index in [0.29, 0.717) is 40.7 Å². The van der Waals surface area contributed by atoms with Gasteiger partial charge in [-0.3, -0.25) is 0 Å². The van der Waals surface area contributed by atoms with Gasteiger partial charge >= 0.3 is 0 Å². The summed E-state index contributed by atoms with van der Waals surface area (Å²) in [5.41, 5.74) is 1.58. The average Bonchev–Trinajstić information content (AvgIpc) is 2.44. The molecule has 104 valence electrons. The molecule has 3 rings (SSSR count). The quantitative estimate of drug-likeness (QED) is 0.511. The minimum atomic E-state index is 0.430. The molecule has 1 aromatic heterocycles. The van der Waals surface area contributed by atoms with Crippen molar-refractivity contribution in [2.24, 2.45) is 0 Å². The Morgan fingerprint density at radius 2 is 1.90 bits per heavy atom. The summed E-state index contributed by atoms with van der Waals surface area (Å²) in [4.78, 5) is 8.72. The zero-order valence-corrected chi connectivity index (χ0v) is 14.1. The van der Waals surface area contributed by atoms with Crippen LogP contribution in [0.1, 0.15) is 5.69 Å². The topological polar surface area (TPSA) is 44.2 Å². The monoisotopic (exact) mass is 422 g/mol. The molecule has 0 spiro atoms. The number of hydrogen-bond acceptors (Lipinski definition) is 4. The predicted octanol–water partition coefficient (Wildman–Crippen LogP) is 4.13. The van der Waals surface area contributed by atoms with Crippen molar-refractivity contribution in [2.45, 2.75) is 6.92 Å². The molecule has 0 saturated carbocycles. The van der Waals surface area contributed by atoms with Crippen LogP contribution in [0.2, 0.25) is 10.2 Å². The number of ether oxygens (including phenoxy) is 2. The SMILES string of the molecule is Cc1nc(-c2cc(Cl)c3c(c2)OCCO3)nc(Cl)c1I. The lowest BCUT2D eigenvalue weighted by Crippen LogP contribution is -2.15. The van der Waals surface area contributed by atoms with Gasteiger partial charge in [-0.25, -0.2) is 9.97 Å². The summed E-state index contributed by atoms with van der Waals surface area (Å²) in [5, 5.41) is 0.909. The van der Waals surface area contributed by atoms with Crippen LogP contribution in [0.25, 0.3) is 11.4 Å². The highest BCUT2D eigenvalue weighted by Gasteiger charge is 2.19. The van der Waals surface area contributed by atoms with Gasteiger partial charge in [0.2, 0.25) is 0 Å². The van der Waals surface area contributed by atoms with Gasteiger partial charge in [0.25, 0.3) is 0 Å². The lowest BCUT2D eigenvalue weighted by Gasteiger charge is -2.20. The van der Waals surface area contributed by atoms with Crippen molar-refractivity contribution in [2.75, 3.05) is 13.2 Å². The van der Waals surface area contributed by atoms with Crippen LogP contribution in [-0.4, -0.2) is 23.2 Å². The molecule has 2 aromatic rings. The van der Waals surface area contributed by atoms with Gasteiger partial charge in [-0.05, 0) is 41.6 Å². The van der Waals surface area contributed by atoms with E-state index >= 15 is 0 Å². The minimum absolute atomic E-state index is 0.430. The summed E-state index contributed by atoms with van der Waals surface area (Å²) in [7, 11) is 0. The first kappa shape index (κ1) is 14.2. The third-order valence-electron chi connectivity index (χ3n) is 2.83. The van der Waals surface area contributed by atoms with E-state index in [1.807, 2.05) is 13.0 Å². The summed E-state index contributed by atoms with van der Waals surface area (Å²) in [5.74, 6) is 1.69. The Morgan fingerprint density at radius 3 is 2.65 bits per heavy atom. The van der Waals surface area contributed by atoms with E-state index in [1.165, 1.54) is 0 Å². The van der Waals surface area contributed by atoms with Gasteiger partial charge in [0, 0.05) is 5.56 Å². The van der Waals surface area contributed by atoms with E-state index in [0.717, 1.165) is 14.8 Å². The third-order valence-corrected chi connectivity index (χ3v) is 5.00. The molecule has 0 atom stereocenters. The van der Waals surface area contributed by atoms with Crippen LogP contribution in [-0.2, 0) is 0 Å². The van der Waals surface area contributed by atoms with Gasteiger partial charge in [0.1, 0.15) is 18.4 Å². The number of hydrogen-bond donors (Lipinski definition) is 0. The second-order valence-corrected chi connectivity index (χ2v) is 6.06. The highest BCUT2D eigenvalue weighted by atomic mass is 127. The van der Waals surface area contributed by atoms with E-state index in [4.69, 9.17) is 32.7 Å². The van der Waals surface area contributed by atoms with E-state index in [1.54, 1.807) is 6.07 Å². The molecule has 0 amide bonds. The third kappa shape index (κ3) is 2.54. The summed E-state index contributed by atoms with van der Waals surface area (Å²) >= 11 is 14.4. The Bertz CT molecular complexity index is 671. The normalized spacial score (nSPS) is 13.4. The Morgan fingerprint density at radius 1 is 1.15 bits per heavy atom. The fraction of sp³-hybridized carbons (Fsp3) is 0.231. The first-order chi connectivity index (χ1) is 9.56. The highest BCUT2D eigenvalue weighted by Crippen LogP contribution is 2.40. The molecule has 20 heavy (non-hydrogen) atoms. The van der Waals surface area contributed by atoms with Crippen LogP contribution >= 0.6 is 45.8 Å². The van der Waals surface area contributed by atoms with Crippen LogP contribution in [0.5, 0.6) is 11.5 Å². The van der Waals surface area contributed by atoms with Crippen LogP contribution in [0.15, 0.2) is 12.1 Å². The molecule has 0 aliphatic carbocycles. The molecule has 0 bridgehead atoms. The van der Waals surface area contributed by atoms with Crippen LogP contribution in [0.4, 0.5) is 0 Å².